The Labute approximate surface area is 219 Å². The van der Waals surface area contributed by atoms with E-state index >= 15 is 0 Å². The molecule has 0 bridgehead atoms. The Morgan fingerprint density at radius 2 is 2.05 bits per heavy atom. The van der Waals surface area contributed by atoms with E-state index in [9.17, 15) is 9.59 Å². The van der Waals surface area contributed by atoms with Gasteiger partial charge < -0.3 is 10.1 Å². The summed E-state index contributed by atoms with van der Waals surface area (Å²) in [7, 11) is 1.45. The van der Waals surface area contributed by atoms with Gasteiger partial charge in [0.05, 0.1) is 23.4 Å². The number of ketones is 1. The van der Waals surface area contributed by atoms with E-state index in [0.29, 0.717) is 33.8 Å². The quantitative estimate of drug-likeness (QED) is 0.224. The van der Waals surface area contributed by atoms with Gasteiger partial charge in [-0.05, 0) is 42.7 Å². The van der Waals surface area contributed by atoms with Crippen molar-refractivity contribution in [1.82, 2.24) is 24.5 Å². The Bertz CT molecular complexity index is 1530. The second kappa shape index (κ2) is 10.8. The van der Waals surface area contributed by atoms with Gasteiger partial charge in [0.2, 0.25) is 5.88 Å². The van der Waals surface area contributed by atoms with Gasteiger partial charge in [-0.2, -0.15) is 5.10 Å². The van der Waals surface area contributed by atoms with Crippen LogP contribution in [0.5, 0.6) is 5.88 Å². The Morgan fingerprint density at radius 3 is 2.73 bits per heavy atom. The van der Waals surface area contributed by atoms with E-state index in [-0.39, 0.29) is 29.1 Å². The van der Waals surface area contributed by atoms with E-state index in [1.165, 1.54) is 17.9 Å². The van der Waals surface area contributed by atoms with Crippen LogP contribution in [0.2, 0.25) is 5.02 Å². The zero-order valence-electron chi connectivity index (χ0n) is 21.0. The molecule has 9 nitrogen and oxygen atoms in total. The average Bonchev–Trinajstić information content (AvgIpc) is 3.46. The lowest BCUT2D eigenvalue weighted by Crippen LogP contribution is -2.20. The minimum atomic E-state index is -0.510. The summed E-state index contributed by atoms with van der Waals surface area (Å²) in [6.45, 7) is 9.46. The molecule has 0 saturated carbocycles. The molecule has 0 aliphatic heterocycles. The Balaban J connectivity index is 1.85. The number of benzene rings is 1. The van der Waals surface area contributed by atoms with Crippen LogP contribution < -0.4 is 10.1 Å². The summed E-state index contributed by atoms with van der Waals surface area (Å²) >= 11 is 6.33. The molecule has 0 aliphatic rings. The van der Waals surface area contributed by atoms with Gasteiger partial charge in [-0.25, -0.2) is 14.3 Å². The van der Waals surface area contributed by atoms with Gasteiger partial charge >= 0.3 is 0 Å². The number of halogens is 1. The fourth-order valence-corrected chi connectivity index (χ4v) is 4.15. The molecule has 4 aromatic rings. The topological polar surface area (TPSA) is 104 Å². The van der Waals surface area contributed by atoms with Crippen LogP contribution in [0.15, 0.2) is 55.4 Å². The van der Waals surface area contributed by atoms with Crippen LogP contribution in [0.3, 0.4) is 0 Å². The lowest BCUT2D eigenvalue weighted by molar-refractivity contribution is 0.0970. The number of methoxy groups -OCH3 is 1. The third-order valence-corrected chi connectivity index (χ3v) is 5.86. The lowest BCUT2D eigenvalue weighted by Gasteiger charge is -2.15. The number of amides is 1. The number of hydrogen-bond donors (Lipinski definition) is 1. The van der Waals surface area contributed by atoms with E-state index in [1.54, 1.807) is 41.4 Å². The van der Waals surface area contributed by atoms with E-state index in [0.717, 1.165) is 5.39 Å². The van der Waals surface area contributed by atoms with Gasteiger partial charge in [0.25, 0.3) is 5.91 Å². The fraction of sp³-hybridized carbons (Fsp3) is 0.222. The molecule has 0 unspecified atom stereocenters. The second-order valence-electron chi connectivity index (χ2n) is 8.84. The second-order valence-corrected chi connectivity index (χ2v) is 9.24. The predicted octanol–water partition coefficient (Wildman–Crippen LogP) is 5.73. The van der Waals surface area contributed by atoms with Crippen LogP contribution in [-0.4, -0.2) is 43.3 Å². The highest BCUT2D eigenvalue weighted by molar-refractivity contribution is 6.32. The fourth-order valence-electron chi connectivity index (χ4n) is 3.95. The van der Waals surface area contributed by atoms with Crippen LogP contribution in [0.4, 0.5) is 5.69 Å². The van der Waals surface area contributed by atoms with E-state index in [2.05, 4.69) is 27.1 Å². The van der Waals surface area contributed by atoms with Gasteiger partial charge in [-0.1, -0.05) is 38.1 Å². The molecular weight excluding hydrogens is 492 g/mol. The minimum absolute atomic E-state index is 0.115. The number of fused-ring (bicyclic) bond motifs is 1. The van der Waals surface area contributed by atoms with Crippen LogP contribution in [0.1, 0.15) is 46.7 Å². The molecule has 0 fully saturated rings. The van der Waals surface area contributed by atoms with Crippen LogP contribution in [0.25, 0.3) is 22.9 Å². The molecule has 0 radical (unpaired) electrons. The zero-order valence-corrected chi connectivity index (χ0v) is 21.8. The summed E-state index contributed by atoms with van der Waals surface area (Å²) < 4.78 is 8.19. The Morgan fingerprint density at radius 1 is 1.27 bits per heavy atom. The number of allylic oxidation sites excluding steroid dienone is 2. The summed E-state index contributed by atoms with van der Waals surface area (Å²) in [5.41, 5.74) is 2.10. The van der Waals surface area contributed by atoms with Crippen molar-refractivity contribution >= 4 is 46.1 Å². The third kappa shape index (κ3) is 5.31. The molecule has 0 spiro atoms. The molecular formula is C27H27ClN6O3. The number of aromatic nitrogens is 5. The molecule has 0 aliphatic carbocycles. The number of rotatable bonds is 9. The van der Waals surface area contributed by atoms with Gasteiger partial charge in [-0.3, -0.25) is 9.59 Å². The zero-order chi connectivity index (χ0) is 26.7. The maximum absolute atomic E-state index is 13.6. The normalized spacial score (nSPS) is 11.4. The highest BCUT2D eigenvalue weighted by atomic mass is 35.5. The van der Waals surface area contributed by atoms with Gasteiger partial charge in [-0.15, -0.1) is 5.10 Å². The van der Waals surface area contributed by atoms with Crippen molar-refractivity contribution in [3.05, 3.63) is 77.2 Å². The van der Waals surface area contributed by atoms with Crippen LogP contribution in [0, 0.1) is 12.8 Å². The summed E-state index contributed by atoms with van der Waals surface area (Å²) in [6, 6.07) is 6.70. The van der Waals surface area contributed by atoms with Crippen molar-refractivity contribution in [1.29, 1.82) is 0 Å². The molecule has 0 saturated heterocycles. The average molecular weight is 519 g/mol. The molecule has 3 aromatic heterocycles. The SMILES string of the molecule is C=CC=Cn1cc2cc(C)c(NC(=O)c3cc(OC)nn3-c3ncccc3Cl)c(C(=O)CC(C)C)c2n1. The number of pyridine rings is 1. The largest absolute Gasteiger partial charge is 0.480 e. The predicted molar refractivity (Wildman–Crippen MR) is 145 cm³/mol. The summed E-state index contributed by atoms with van der Waals surface area (Å²) in [5.74, 6) is -0.0248. The van der Waals surface area contributed by atoms with Crippen molar-refractivity contribution in [2.45, 2.75) is 27.2 Å². The lowest BCUT2D eigenvalue weighted by atomic mass is 9.95. The van der Waals surface area contributed by atoms with E-state index in [1.807, 2.05) is 33.0 Å². The summed E-state index contributed by atoms with van der Waals surface area (Å²) in [5, 5.41) is 12.9. The number of anilines is 1. The van der Waals surface area contributed by atoms with Crippen molar-refractivity contribution in [2.24, 2.45) is 5.92 Å². The molecule has 1 amide bonds. The molecule has 3 heterocycles. The standard InChI is InChI=1S/C27H27ClN6O3/c1-6-7-11-33-15-18-13-17(4)24(23(25(18)32-33)21(35)12-16(2)3)30-27(36)20-14-22(37-5)31-34(20)26-19(28)9-8-10-29-26/h6-11,13-16H,1,12H2,2-5H3,(H,30,36). The van der Waals surface area contributed by atoms with Crippen molar-refractivity contribution in [3.63, 3.8) is 0 Å². The van der Waals surface area contributed by atoms with Gasteiger partial charge in [0, 0.05) is 36.5 Å². The highest BCUT2D eigenvalue weighted by Crippen LogP contribution is 2.32. The summed E-state index contributed by atoms with van der Waals surface area (Å²) in [4.78, 5) is 31.4. The Hall–Kier alpha value is -4.24. The number of carbonyl (C=O) groups is 2. The molecule has 0 atom stereocenters. The first-order valence-corrected chi connectivity index (χ1v) is 12.0. The van der Waals surface area contributed by atoms with Gasteiger partial charge in [0.15, 0.2) is 11.6 Å². The van der Waals surface area contributed by atoms with Crippen molar-refractivity contribution in [2.75, 3.05) is 12.4 Å². The smallest absolute Gasteiger partial charge is 0.274 e. The number of nitrogens with zero attached hydrogens (tertiary/aromatic N) is 5. The maximum Gasteiger partial charge on any atom is 0.274 e. The number of aryl methyl sites for hydroxylation is 1. The third-order valence-electron chi connectivity index (χ3n) is 5.57. The van der Waals surface area contributed by atoms with Gasteiger partial charge in [0.1, 0.15) is 11.2 Å². The first kappa shape index (κ1) is 25.8. The van der Waals surface area contributed by atoms with Crippen molar-refractivity contribution in [3.8, 4) is 11.7 Å². The molecule has 4 rings (SSSR count). The number of carbonyl (C=O) groups excluding carboxylic acids is 2. The monoisotopic (exact) mass is 518 g/mol. The van der Waals surface area contributed by atoms with Crippen LogP contribution in [-0.2, 0) is 0 Å². The molecule has 190 valence electrons. The first-order valence-electron chi connectivity index (χ1n) is 11.6. The first-order chi connectivity index (χ1) is 17.7. The molecule has 1 aromatic carbocycles. The maximum atomic E-state index is 13.6. The van der Waals surface area contributed by atoms with E-state index in [4.69, 9.17) is 16.3 Å². The van der Waals surface area contributed by atoms with Crippen LogP contribution >= 0.6 is 11.6 Å². The Kier molecular flexibility index (Phi) is 7.54. The summed E-state index contributed by atoms with van der Waals surface area (Å²) in [6.07, 6.45) is 8.79. The van der Waals surface area contributed by atoms with Crippen molar-refractivity contribution < 1.29 is 14.3 Å². The highest BCUT2D eigenvalue weighted by Gasteiger charge is 2.25. The molecule has 10 heteroatoms. The molecule has 37 heavy (non-hydrogen) atoms. The number of Topliss-reactive ketones (excluding diaryl/α,β-unsaturated/α-hetero) is 1. The number of hydrogen-bond acceptors (Lipinski definition) is 6. The number of nitrogens with one attached hydrogen (secondary N) is 1. The minimum Gasteiger partial charge on any atom is -0.480 e. The van der Waals surface area contributed by atoms with E-state index < -0.39 is 5.91 Å². The molecule has 1 N–H and O–H groups in total. The number of ether oxygens (including phenoxy) is 1.